The number of hydrogen-bond donors (Lipinski definition) is 1. The molecule has 0 atom stereocenters. The van der Waals surface area contributed by atoms with Crippen molar-refractivity contribution >= 4 is 0 Å². The molecule has 1 nitrogen and oxygen atoms in total. The third-order valence-electron chi connectivity index (χ3n) is 3.11. The highest BCUT2D eigenvalue weighted by molar-refractivity contribution is 4.97. The minimum Gasteiger partial charge on any atom is -0.392 e. The Morgan fingerprint density at radius 2 is 2.00 bits per heavy atom. The smallest absolute Gasteiger partial charge is 0.0614 e. The first-order valence-corrected chi connectivity index (χ1v) is 5.59. The van der Waals surface area contributed by atoms with Crippen LogP contribution in [0.15, 0.2) is 11.6 Å². The quantitative estimate of drug-likeness (QED) is 0.661. The number of allylic oxidation sites excluding steroid dienone is 1. The molecule has 0 amide bonds. The van der Waals surface area contributed by atoms with Gasteiger partial charge in [-0.3, -0.25) is 0 Å². The van der Waals surface area contributed by atoms with Crippen molar-refractivity contribution in [2.75, 3.05) is 6.61 Å². The van der Waals surface area contributed by atoms with Crippen molar-refractivity contribution in [1.82, 2.24) is 0 Å². The minimum absolute atomic E-state index is 0.205. The van der Waals surface area contributed by atoms with Gasteiger partial charge in [0.05, 0.1) is 6.61 Å². The van der Waals surface area contributed by atoms with Crippen molar-refractivity contribution in [1.29, 1.82) is 0 Å². The molecular formula is C12H22O. The topological polar surface area (TPSA) is 20.2 Å². The van der Waals surface area contributed by atoms with E-state index < -0.39 is 0 Å². The van der Waals surface area contributed by atoms with Gasteiger partial charge >= 0.3 is 0 Å². The van der Waals surface area contributed by atoms with Crippen molar-refractivity contribution in [3.63, 3.8) is 0 Å². The SMILES string of the molecule is C/C(=C\CO)CCC1CCCCC1. The first kappa shape index (κ1) is 10.8. The van der Waals surface area contributed by atoms with Gasteiger partial charge in [0, 0.05) is 0 Å². The summed E-state index contributed by atoms with van der Waals surface area (Å²) in [6, 6.07) is 0. The fourth-order valence-electron chi connectivity index (χ4n) is 2.17. The van der Waals surface area contributed by atoms with Gasteiger partial charge in [0.25, 0.3) is 0 Å². The lowest BCUT2D eigenvalue weighted by Crippen LogP contribution is -2.06. The van der Waals surface area contributed by atoms with Crippen molar-refractivity contribution in [2.24, 2.45) is 5.92 Å². The fourth-order valence-corrected chi connectivity index (χ4v) is 2.17. The average molecular weight is 182 g/mol. The molecule has 0 aromatic rings. The molecule has 1 heteroatoms. The van der Waals surface area contributed by atoms with E-state index in [4.69, 9.17) is 5.11 Å². The van der Waals surface area contributed by atoms with Gasteiger partial charge in [0.2, 0.25) is 0 Å². The molecule has 76 valence electrons. The van der Waals surface area contributed by atoms with E-state index in [0.717, 1.165) is 5.92 Å². The molecule has 1 N–H and O–H groups in total. The van der Waals surface area contributed by atoms with E-state index >= 15 is 0 Å². The summed E-state index contributed by atoms with van der Waals surface area (Å²) in [7, 11) is 0. The lowest BCUT2D eigenvalue weighted by molar-refractivity contribution is 0.333. The molecule has 1 fully saturated rings. The van der Waals surface area contributed by atoms with E-state index in [1.165, 1.54) is 50.5 Å². The van der Waals surface area contributed by atoms with Gasteiger partial charge in [-0.15, -0.1) is 0 Å². The van der Waals surface area contributed by atoms with E-state index in [9.17, 15) is 0 Å². The molecule has 0 spiro atoms. The maximum Gasteiger partial charge on any atom is 0.0614 e. The van der Waals surface area contributed by atoms with Crippen LogP contribution in [0.2, 0.25) is 0 Å². The molecule has 13 heavy (non-hydrogen) atoms. The van der Waals surface area contributed by atoms with E-state index in [2.05, 4.69) is 6.92 Å². The maximum atomic E-state index is 8.70. The van der Waals surface area contributed by atoms with Crippen molar-refractivity contribution in [3.8, 4) is 0 Å². The molecule has 0 aromatic heterocycles. The van der Waals surface area contributed by atoms with Crippen LogP contribution in [-0.4, -0.2) is 11.7 Å². The first-order valence-electron chi connectivity index (χ1n) is 5.59. The van der Waals surface area contributed by atoms with Crippen molar-refractivity contribution < 1.29 is 5.11 Å². The van der Waals surface area contributed by atoms with Crippen molar-refractivity contribution in [3.05, 3.63) is 11.6 Å². The number of rotatable bonds is 4. The third-order valence-corrected chi connectivity index (χ3v) is 3.11. The molecule has 1 aliphatic carbocycles. The Balaban J connectivity index is 2.13. The van der Waals surface area contributed by atoms with E-state index in [1.54, 1.807) is 0 Å². The highest BCUT2D eigenvalue weighted by atomic mass is 16.2. The van der Waals surface area contributed by atoms with Crippen LogP contribution in [0.3, 0.4) is 0 Å². The molecule has 1 aliphatic rings. The van der Waals surface area contributed by atoms with Gasteiger partial charge in [0.15, 0.2) is 0 Å². The standard InChI is InChI=1S/C12H22O/c1-11(9-10-13)7-8-12-5-3-2-4-6-12/h9,12-13H,2-8,10H2,1H3/b11-9+. The van der Waals surface area contributed by atoms with Gasteiger partial charge in [-0.25, -0.2) is 0 Å². The summed E-state index contributed by atoms with van der Waals surface area (Å²) in [5.74, 6) is 0.968. The minimum atomic E-state index is 0.205. The lowest BCUT2D eigenvalue weighted by Gasteiger charge is -2.21. The second-order valence-corrected chi connectivity index (χ2v) is 4.28. The van der Waals surface area contributed by atoms with Gasteiger partial charge in [0.1, 0.15) is 0 Å². The third kappa shape index (κ3) is 4.47. The van der Waals surface area contributed by atoms with Crippen LogP contribution in [0.4, 0.5) is 0 Å². The normalized spacial score (nSPS) is 20.6. The van der Waals surface area contributed by atoms with Gasteiger partial charge in [-0.2, -0.15) is 0 Å². The highest BCUT2D eigenvalue weighted by Gasteiger charge is 2.12. The second kappa shape index (κ2) is 6.20. The fraction of sp³-hybridized carbons (Fsp3) is 0.833. The predicted octanol–water partition coefficient (Wildman–Crippen LogP) is 3.29. The summed E-state index contributed by atoms with van der Waals surface area (Å²) in [5, 5.41) is 8.70. The molecule has 1 saturated carbocycles. The molecule has 0 bridgehead atoms. The first-order chi connectivity index (χ1) is 6.33. The maximum absolute atomic E-state index is 8.70. The Labute approximate surface area is 81.9 Å². The number of aliphatic hydroxyl groups is 1. The largest absolute Gasteiger partial charge is 0.392 e. The molecule has 0 saturated heterocycles. The van der Waals surface area contributed by atoms with Gasteiger partial charge in [-0.1, -0.05) is 43.8 Å². The molecule has 1 rings (SSSR count). The van der Waals surface area contributed by atoms with Crippen LogP contribution in [0.5, 0.6) is 0 Å². The molecule has 0 heterocycles. The predicted molar refractivity (Wildman–Crippen MR) is 56.7 cm³/mol. The zero-order chi connectivity index (χ0) is 9.52. The van der Waals surface area contributed by atoms with E-state index in [1.807, 2.05) is 6.08 Å². The number of aliphatic hydroxyl groups excluding tert-OH is 1. The summed E-state index contributed by atoms with van der Waals surface area (Å²) < 4.78 is 0. The second-order valence-electron chi connectivity index (χ2n) is 4.28. The Hall–Kier alpha value is -0.300. The Kier molecular flexibility index (Phi) is 5.14. The van der Waals surface area contributed by atoms with Crippen LogP contribution in [0.25, 0.3) is 0 Å². The van der Waals surface area contributed by atoms with Crippen LogP contribution in [0, 0.1) is 5.92 Å². The Morgan fingerprint density at radius 1 is 1.31 bits per heavy atom. The molecule has 0 unspecified atom stereocenters. The Morgan fingerprint density at radius 3 is 2.62 bits per heavy atom. The van der Waals surface area contributed by atoms with Crippen LogP contribution >= 0.6 is 0 Å². The van der Waals surface area contributed by atoms with Crippen LogP contribution in [0.1, 0.15) is 51.9 Å². The highest BCUT2D eigenvalue weighted by Crippen LogP contribution is 2.28. The van der Waals surface area contributed by atoms with Gasteiger partial charge in [-0.05, 0) is 25.7 Å². The zero-order valence-electron chi connectivity index (χ0n) is 8.76. The molecule has 0 radical (unpaired) electrons. The van der Waals surface area contributed by atoms with Crippen LogP contribution in [-0.2, 0) is 0 Å². The van der Waals surface area contributed by atoms with E-state index in [-0.39, 0.29) is 6.61 Å². The molecule has 0 aliphatic heterocycles. The average Bonchev–Trinajstić information content (AvgIpc) is 2.17. The summed E-state index contributed by atoms with van der Waals surface area (Å²) in [6.45, 7) is 2.33. The summed E-state index contributed by atoms with van der Waals surface area (Å²) in [4.78, 5) is 0. The lowest BCUT2D eigenvalue weighted by atomic mass is 9.85. The monoisotopic (exact) mass is 182 g/mol. The van der Waals surface area contributed by atoms with Gasteiger partial charge < -0.3 is 5.11 Å². The summed E-state index contributed by atoms with van der Waals surface area (Å²) >= 11 is 0. The molecule has 0 aromatic carbocycles. The summed E-state index contributed by atoms with van der Waals surface area (Å²) in [6.07, 6.45) is 11.7. The van der Waals surface area contributed by atoms with Crippen molar-refractivity contribution in [2.45, 2.75) is 51.9 Å². The number of hydrogen-bond acceptors (Lipinski definition) is 1. The van der Waals surface area contributed by atoms with Crippen LogP contribution < -0.4 is 0 Å². The van der Waals surface area contributed by atoms with E-state index in [0.29, 0.717) is 0 Å². The zero-order valence-corrected chi connectivity index (χ0v) is 8.76. The molecular weight excluding hydrogens is 160 g/mol. The Bertz CT molecular complexity index is 155. The summed E-state index contributed by atoms with van der Waals surface area (Å²) in [5.41, 5.74) is 1.35.